The Morgan fingerprint density at radius 2 is 2.00 bits per heavy atom. The minimum Gasteiger partial charge on any atom is -0.402 e. The van der Waals surface area contributed by atoms with Crippen molar-refractivity contribution in [2.75, 3.05) is 32.0 Å². The van der Waals surface area contributed by atoms with Gasteiger partial charge in [0, 0.05) is 55.2 Å². The van der Waals surface area contributed by atoms with E-state index in [2.05, 4.69) is 28.5 Å². The van der Waals surface area contributed by atoms with E-state index in [0.717, 1.165) is 57.7 Å². The zero-order valence-corrected chi connectivity index (χ0v) is 18.4. The summed E-state index contributed by atoms with van der Waals surface area (Å²) in [4.78, 5) is 6.42. The molecule has 2 fully saturated rings. The topological polar surface area (TPSA) is 78.4 Å². The van der Waals surface area contributed by atoms with E-state index < -0.39 is 12.1 Å². The fourth-order valence-corrected chi connectivity index (χ4v) is 4.76. The summed E-state index contributed by atoms with van der Waals surface area (Å²) in [6.45, 7) is 7.74. The minimum absolute atomic E-state index is 0.122. The fraction of sp³-hybridized carbons (Fsp3) is 0.636. The summed E-state index contributed by atoms with van der Waals surface area (Å²) in [6.07, 6.45) is 0.874. The largest absolute Gasteiger partial charge is 0.573 e. The van der Waals surface area contributed by atoms with Crippen LogP contribution in [0.3, 0.4) is 0 Å². The Morgan fingerprint density at radius 1 is 1.19 bits per heavy atom. The van der Waals surface area contributed by atoms with Gasteiger partial charge in [0.05, 0.1) is 12.3 Å². The summed E-state index contributed by atoms with van der Waals surface area (Å²) in [7, 11) is 0. The van der Waals surface area contributed by atoms with Crippen LogP contribution in [0.2, 0.25) is 0 Å². The molecule has 2 N–H and O–H groups in total. The third-order valence-corrected chi connectivity index (χ3v) is 6.25. The molecule has 2 unspecified atom stereocenters. The van der Waals surface area contributed by atoms with E-state index in [-0.39, 0.29) is 11.9 Å². The van der Waals surface area contributed by atoms with Crippen LogP contribution in [0, 0.1) is 0 Å². The summed E-state index contributed by atoms with van der Waals surface area (Å²) in [6, 6.07) is 3.87. The Bertz CT molecular complexity index is 923. The number of alkyl halides is 3. The van der Waals surface area contributed by atoms with Crippen LogP contribution in [0.4, 0.5) is 19.0 Å². The second-order valence-electron chi connectivity index (χ2n) is 8.81. The number of anilines is 1. The van der Waals surface area contributed by atoms with E-state index in [1.54, 1.807) is 0 Å². The molecule has 0 aromatic carbocycles. The highest BCUT2D eigenvalue weighted by Gasteiger charge is 2.34. The first-order valence-corrected chi connectivity index (χ1v) is 11.1. The van der Waals surface area contributed by atoms with Crippen molar-refractivity contribution in [3.63, 3.8) is 0 Å². The van der Waals surface area contributed by atoms with Gasteiger partial charge in [-0.3, -0.25) is 9.58 Å². The number of rotatable bonds is 5. The van der Waals surface area contributed by atoms with Crippen LogP contribution in [0.25, 0.3) is 11.3 Å². The van der Waals surface area contributed by atoms with Gasteiger partial charge >= 0.3 is 6.36 Å². The van der Waals surface area contributed by atoms with Crippen LogP contribution in [0.1, 0.15) is 57.2 Å². The van der Waals surface area contributed by atoms with Crippen LogP contribution in [0.15, 0.2) is 18.3 Å². The average molecular weight is 454 g/mol. The smallest absolute Gasteiger partial charge is 0.402 e. The summed E-state index contributed by atoms with van der Waals surface area (Å²) >= 11 is 0. The van der Waals surface area contributed by atoms with Gasteiger partial charge in [-0.1, -0.05) is 0 Å². The van der Waals surface area contributed by atoms with Crippen LogP contribution in [0.5, 0.6) is 5.75 Å². The normalized spacial score (nSPS) is 22.9. The highest BCUT2D eigenvalue weighted by molar-refractivity contribution is 5.64. The number of nitrogens with zero attached hydrogens (tertiary/aromatic N) is 4. The van der Waals surface area contributed by atoms with E-state index in [1.807, 2.05) is 10.7 Å². The van der Waals surface area contributed by atoms with Crippen LogP contribution in [-0.4, -0.2) is 58.4 Å². The Morgan fingerprint density at radius 3 is 2.75 bits per heavy atom. The SMILES string of the molecule is CC(C)n1nc(-c2cnc(N)c(OC(F)(F)F)c2)cc1C1CCC(N2CCCOCC2)C1. The molecule has 2 aromatic heterocycles. The highest BCUT2D eigenvalue weighted by Crippen LogP contribution is 2.40. The number of nitrogen functional groups attached to an aromatic ring is 1. The Labute approximate surface area is 185 Å². The number of nitrogens with two attached hydrogens (primary N) is 1. The number of pyridine rings is 1. The molecule has 4 rings (SSSR count). The molecule has 2 aromatic rings. The predicted molar refractivity (Wildman–Crippen MR) is 114 cm³/mol. The van der Waals surface area contributed by atoms with Gasteiger partial charge in [-0.2, -0.15) is 5.10 Å². The van der Waals surface area contributed by atoms with Gasteiger partial charge in [0.2, 0.25) is 0 Å². The number of aromatic nitrogens is 3. The molecule has 1 aliphatic heterocycles. The number of halogens is 3. The molecule has 0 bridgehead atoms. The summed E-state index contributed by atoms with van der Waals surface area (Å²) in [5, 5.41) is 4.71. The maximum absolute atomic E-state index is 12.7. The van der Waals surface area contributed by atoms with Gasteiger partial charge in [0.15, 0.2) is 11.6 Å². The standard InChI is InChI=1S/C22H30F3N5O2/c1-14(2)30-19(15-4-5-17(10-15)29-6-3-8-31-9-7-29)12-18(28-30)16-11-20(21(26)27-13-16)32-22(23,24)25/h11-15,17H,3-10H2,1-2H3,(H2,26,27). The Balaban J connectivity index is 1.58. The lowest BCUT2D eigenvalue weighted by Crippen LogP contribution is -2.35. The molecule has 0 amide bonds. The van der Waals surface area contributed by atoms with E-state index in [9.17, 15) is 13.2 Å². The maximum Gasteiger partial charge on any atom is 0.573 e. The van der Waals surface area contributed by atoms with Crippen LogP contribution in [-0.2, 0) is 4.74 Å². The molecule has 176 valence electrons. The Kier molecular flexibility index (Phi) is 6.62. The Hall–Kier alpha value is -2.33. The molecular weight excluding hydrogens is 423 g/mol. The van der Waals surface area contributed by atoms with Crippen molar-refractivity contribution in [1.29, 1.82) is 0 Å². The summed E-state index contributed by atoms with van der Waals surface area (Å²) < 4.78 is 49.7. The third-order valence-electron chi connectivity index (χ3n) is 6.25. The van der Waals surface area contributed by atoms with E-state index >= 15 is 0 Å². The quantitative estimate of drug-likeness (QED) is 0.725. The van der Waals surface area contributed by atoms with Gasteiger partial charge in [0.25, 0.3) is 0 Å². The van der Waals surface area contributed by atoms with Crippen molar-refractivity contribution >= 4 is 5.82 Å². The lowest BCUT2D eigenvalue weighted by Gasteiger charge is -2.27. The number of hydrogen-bond donors (Lipinski definition) is 1. The first-order chi connectivity index (χ1) is 15.2. The van der Waals surface area contributed by atoms with Crippen molar-refractivity contribution in [1.82, 2.24) is 19.7 Å². The van der Waals surface area contributed by atoms with Crippen LogP contribution >= 0.6 is 0 Å². The molecule has 2 atom stereocenters. The van der Waals surface area contributed by atoms with Gasteiger partial charge < -0.3 is 15.2 Å². The molecule has 0 radical (unpaired) electrons. The fourth-order valence-electron chi connectivity index (χ4n) is 4.76. The second-order valence-corrected chi connectivity index (χ2v) is 8.81. The molecule has 1 aliphatic carbocycles. The highest BCUT2D eigenvalue weighted by atomic mass is 19.4. The maximum atomic E-state index is 12.7. The monoisotopic (exact) mass is 453 g/mol. The molecule has 0 spiro atoms. The molecule has 1 saturated heterocycles. The first-order valence-electron chi connectivity index (χ1n) is 11.1. The van der Waals surface area contributed by atoms with Gasteiger partial charge in [0.1, 0.15) is 0 Å². The van der Waals surface area contributed by atoms with Gasteiger partial charge in [-0.05, 0) is 51.7 Å². The molecule has 2 aliphatic rings. The predicted octanol–water partition coefficient (Wildman–Crippen LogP) is 4.37. The van der Waals surface area contributed by atoms with Gasteiger partial charge in [-0.15, -0.1) is 13.2 Å². The zero-order chi connectivity index (χ0) is 22.9. The molecule has 1 saturated carbocycles. The van der Waals surface area contributed by atoms with E-state index in [4.69, 9.17) is 15.6 Å². The molecular formula is C22H30F3N5O2. The van der Waals surface area contributed by atoms with E-state index in [0.29, 0.717) is 23.2 Å². The first kappa shape index (κ1) is 22.8. The molecule has 3 heterocycles. The van der Waals surface area contributed by atoms with Crippen molar-refractivity contribution < 1.29 is 22.6 Å². The molecule has 10 heteroatoms. The summed E-state index contributed by atoms with van der Waals surface area (Å²) in [5.74, 6) is -0.477. The van der Waals surface area contributed by atoms with Crippen molar-refractivity contribution in [3.8, 4) is 17.0 Å². The van der Waals surface area contributed by atoms with Crippen molar-refractivity contribution in [2.45, 2.75) is 63.9 Å². The molecule has 7 nitrogen and oxygen atoms in total. The van der Waals surface area contributed by atoms with Crippen molar-refractivity contribution in [2.24, 2.45) is 0 Å². The number of hydrogen-bond acceptors (Lipinski definition) is 6. The number of ether oxygens (including phenoxy) is 2. The summed E-state index contributed by atoms with van der Waals surface area (Å²) in [5.41, 5.74) is 7.70. The second kappa shape index (κ2) is 9.27. The lowest BCUT2D eigenvalue weighted by molar-refractivity contribution is -0.274. The van der Waals surface area contributed by atoms with Gasteiger partial charge in [-0.25, -0.2) is 4.98 Å². The minimum atomic E-state index is -4.84. The van der Waals surface area contributed by atoms with Crippen molar-refractivity contribution in [3.05, 3.63) is 24.0 Å². The zero-order valence-electron chi connectivity index (χ0n) is 18.4. The van der Waals surface area contributed by atoms with Crippen LogP contribution < -0.4 is 10.5 Å². The third kappa shape index (κ3) is 5.17. The average Bonchev–Trinajstić information content (AvgIpc) is 3.29. The lowest BCUT2D eigenvalue weighted by atomic mass is 10.0. The molecule has 32 heavy (non-hydrogen) atoms. The van der Waals surface area contributed by atoms with E-state index in [1.165, 1.54) is 12.3 Å².